The molecule has 11 heteroatoms. The van der Waals surface area contributed by atoms with Crippen molar-refractivity contribution in [3.8, 4) is 11.1 Å². The Morgan fingerprint density at radius 3 is 2.27 bits per heavy atom. The summed E-state index contributed by atoms with van der Waals surface area (Å²) in [6.45, 7) is 4.59. The molecule has 1 aromatic heterocycles. The predicted molar refractivity (Wildman–Crippen MR) is 184 cm³/mol. The summed E-state index contributed by atoms with van der Waals surface area (Å²) >= 11 is 0. The Kier molecular flexibility index (Phi) is 11.6. The van der Waals surface area contributed by atoms with E-state index >= 15 is 0 Å². The van der Waals surface area contributed by atoms with Crippen LogP contribution in [0.2, 0.25) is 0 Å². The number of aliphatic hydroxyl groups is 1. The zero-order valence-corrected chi connectivity index (χ0v) is 27.5. The Bertz CT molecular complexity index is 1660. The molecule has 6 rings (SSSR count). The Morgan fingerprint density at radius 1 is 0.837 bits per heavy atom. The molecule has 2 fully saturated rings. The number of hydrogen-bond acceptors (Lipinski definition) is 9. The third-order valence-corrected chi connectivity index (χ3v) is 9.07. The van der Waals surface area contributed by atoms with Crippen LogP contribution in [-0.2, 0) is 32.2 Å². The van der Waals surface area contributed by atoms with Crippen molar-refractivity contribution in [2.45, 2.75) is 57.3 Å². The topological polar surface area (TPSA) is 137 Å². The van der Waals surface area contributed by atoms with Gasteiger partial charge in [0.15, 0.2) is 6.29 Å². The van der Waals surface area contributed by atoms with Crippen molar-refractivity contribution in [1.82, 2.24) is 20.2 Å². The summed E-state index contributed by atoms with van der Waals surface area (Å²) < 4.78 is 13.2. The predicted octanol–water partition coefficient (Wildman–Crippen LogP) is 4.87. The van der Waals surface area contributed by atoms with Crippen LogP contribution < -0.4 is 10.2 Å². The van der Waals surface area contributed by atoms with Crippen LogP contribution in [0, 0.1) is 0 Å². The van der Waals surface area contributed by atoms with Gasteiger partial charge >= 0.3 is 5.97 Å². The summed E-state index contributed by atoms with van der Waals surface area (Å²) in [7, 11) is 0. The van der Waals surface area contributed by atoms with Crippen LogP contribution in [0.25, 0.3) is 11.1 Å². The van der Waals surface area contributed by atoms with Gasteiger partial charge in [-0.05, 0) is 40.3 Å². The summed E-state index contributed by atoms with van der Waals surface area (Å²) in [6, 6.07) is 25.9. The molecule has 2 saturated heterocycles. The second-order valence-electron chi connectivity index (χ2n) is 12.5. The maximum atomic E-state index is 12.3. The highest BCUT2D eigenvalue weighted by Crippen LogP contribution is 2.39. The number of aliphatic hydroxyl groups excluding tert-OH is 1. The van der Waals surface area contributed by atoms with Gasteiger partial charge in [0.2, 0.25) is 11.9 Å². The zero-order chi connectivity index (χ0) is 34.0. The second kappa shape index (κ2) is 16.6. The van der Waals surface area contributed by atoms with E-state index in [0.717, 1.165) is 72.1 Å². The minimum Gasteiger partial charge on any atom is -0.481 e. The molecule has 0 saturated carbocycles. The first-order valence-electron chi connectivity index (χ1n) is 16.9. The number of aliphatic carboxylic acids is 1. The molecule has 2 aliphatic rings. The number of piperazine rings is 1. The first kappa shape index (κ1) is 34.2. The third-order valence-electron chi connectivity index (χ3n) is 9.07. The van der Waals surface area contributed by atoms with E-state index in [0.29, 0.717) is 19.4 Å². The Balaban J connectivity index is 1.13. The van der Waals surface area contributed by atoms with E-state index in [1.165, 1.54) is 0 Å². The van der Waals surface area contributed by atoms with E-state index in [1.54, 1.807) is 12.4 Å². The molecule has 2 aliphatic heterocycles. The fourth-order valence-electron chi connectivity index (χ4n) is 6.36. The molecule has 256 valence electrons. The maximum absolute atomic E-state index is 12.3. The summed E-state index contributed by atoms with van der Waals surface area (Å²) in [4.78, 5) is 36.5. The molecule has 3 aromatic carbocycles. The van der Waals surface area contributed by atoms with Gasteiger partial charge in [-0.3, -0.25) is 14.5 Å². The number of ether oxygens (including phenoxy) is 2. The summed E-state index contributed by atoms with van der Waals surface area (Å²) in [6.07, 6.45) is 3.94. The molecule has 0 spiro atoms. The van der Waals surface area contributed by atoms with Crippen LogP contribution >= 0.6 is 0 Å². The number of carbonyl (C=O) groups is 2. The molecule has 49 heavy (non-hydrogen) atoms. The molecular formula is C38H43N5O6. The maximum Gasteiger partial charge on any atom is 0.303 e. The first-order valence-corrected chi connectivity index (χ1v) is 16.9. The number of amides is 1. The summed E-state index contributed by atoms with van der Waals surface area (Å²) in [5, 5.41) is 21.3. The lowest BCUT2D eigenvalue weighted by Crippen LogP contribution is -2.50. The van der Waals surface area contributed by atoms with Crippen LogP contribution in [-0.4, -0.2) is 75.8 Å². The van der Waals surface area contributed by atoms with Gasteiger partial charge < -0.3 is 29.9 Å². The lowest BCUT2D eigenvalue weighted by molar-refractivity contribution is -0.253. The fourth-order valence-corrected chi connectivity index (χ4v) is 6.36. The molecule has 0 radical (unpaired) electrons. The van der Waals surface area contributed by atoms with Crippen LogP contribution in [0.1, 0.15) is 60.3 Å². The van der Waals surface area contributed by atoms with Gasteiger partial charge in [0.1, 0.15) is 0 Å². The normalized spacial score (nSPS) is 19.8. The number of anilines is 1. The quantitative estimate of drug-likeness (QED) is 0.181. The van der Waals surface area contributed by atoms with Crippen molar-refractivity contribution in [1.29, 1.82) is 0 Å². The Morgan fingerprint density at radius 2 is 1.55 bits per heavy atom. The molecular weight excluding hydrogens is 622 g/mol. The van der Waals surface area contributed by atoms with Crippen LogP contribution in [0.5, 0.6) is 0 Å². The molecule has 0 aliphatic carbocycles. The number of hydrogen-bond donors (Lipinski definition) is 3. The number of aromatic nitrogens is 2. The molecule has 3 atom stereocenters. The number of carboxylic acids is 1. The fraction of sp³-hybridized carbons (Fsp3) is 0.368. The summed E-state index contributed by atoms with van der Waals surface area (Å²) in [5.41, 5.74) is 5.81. The van der Waals surface area contributed by atoms with Crippen molar-refractivity contribution >= 4 is 17.8 Å². The molecule has 1 amide bonds. The molecule has 11 nitrogen and oxygen atoms in total. The number of nitrogens with zero attached hydrogens (tertiary/aromatic N) is 4. The Labute approximate surface area is 286 Å². The van der Waals surface area contributed by atoms with Crippen LogP contribution in [0.15, 0.2) is 91.3 Å². The molecule has 0 unspecified atom stereocenters. The van der Waals surface area contributed by atoms with Crippen molar-refractivity contribution in [3.05, 3.63) is 114 Å². The molecule has 3 heterocycles. The lowest BCUT2D eigenvalue weighted by Gasteiger charge is -2.40. The Hall–Kier alpha value is -4.68. The number of benzene rings is 3. The lowest BCUT2D eigenvalue weighted by atomic mass is 9.97. The smallest absolute Gasteiger partial charge is 0.303 e. The van der Waals surface area contributed by atoms with E-state index in [2.05, 4.69) is 37.2 Å². The van der Waals surface area contributed by atoms with E-state index in [4.69, 9.17) is 14.6 Å². The number of carboxylic acid groups (broad SMARTS) is 1. The van der Waals surface area contributed by atoms with E-state index < -0.39 is 12.3 Å². The van der Waals surface area contributed by atoms with Crippen LogP contribution in [0.3, 0.4) is 0 Å². The zero-order valence-electron chi connectivity index (χ0n) is 27.5. The number of nitrogens with one attached hydrogen (secondary N) is 1. The largest absolute Gasteiger partial charge is 0.481 e. The van der Waals surface area contributed by atoms with E-state index in [1.807, 2.05) is 66.7 Å². The number of rotatable bonds is 13. The molecule has 3 N–H and O–H groups in total. The highest BCUT2D eigenvalue weighted by molar-refractivity contribution is 5.77. The second-order valence-corrected chi connectivity index (χ2v) is 12.5. The monoisotopic (exact) mass is 665 g/mol. The highest BCUT2D eigenvalue weighted by atomic mass is 16.7. The first-order chi connectivity index (χ1) is 23.9. The van der Waals surface area contributed by atoms with Gasteiger partial charge in [-0.1, -0.05) is 72.8 Å². The highest BCUT2D eigenvalue weighted by Gasteiger charge is 2.34. The third kappa shape index (κ3) is 9.27. The number of carbonyl (C=O) groups excluding carboxylic acids is 1. The SMILES string of the molecule is O=C(O)CCCC(=O)NCc1ccccc1-c1ccc([C@@H]2O[C@H](CN3CCN(c4ncccn4)CC3)C[C@H](c3ccc(CO)cc3)O2)cc1. The van der Waals surface area contributed by atoms with E-state index in [9.17, 15) is 14.7 Å². The van der Waals surface area contributed by atoms with Crippen LogP contribution in [0.4, 0.5) is 5.95 Å². The van der Waals surface area contributed by atoms with Gasteiger partial charge in [-0.15, -0.1) is 0 Å². The minimum atomic E-state index is -0.901. The average molecular weight is 666 g/mol. The van der Waals surface area contributed by atoms with E-state index in [-0.39, 0.29) is 37.6 Å². The van der Waals surface area contributed by atoms with Crippen molar-refractivity contribution in [2.75, 3.05) is 37.6 Å². The summed E-state index contributed by atoms with van der Waals surface area (Å²) in [5.74, 6) is -0.304. The van der Waals surface area contributed by atoms with Gasteiger partial charge in [-0.2, -0.15) is 0 Å². The average Bonchev–Trinajstić information content (AvgIpc) is 3.14. The minimum absolute atomic E-state index is 0.00515. The molecule has 0 bridgehead atoms. The van der Waals surface area contributed by atoms with Gasteiger partial charge in [0.05, 0.1) is 18.8 Å². The van der Waals surface area contributed by atoms with Crippen molar-refractivity contribution in [2.24, 2.45) is 0 Å². The van der Waals surface area contributed by atoms with Crippen molar-refractivity contribution < 1.29 is 29.3 Å². The standard InChI is InChI=1S/C38H43N5O6/c44-26-27-9-11-29(12-10-27)34-23-32(25-42-19-21-43(22-20-42)38-39-17-4-18-40-38)48-37(49-34)30-15-13-28(14-16-30)33-6-2-1-5-31(33)24-41-35(45)7-3-8-36(46)47/h1-2,4-6,9-18,32,34,37,44H,3,7-8,19-26H2,(H,41,45)(H,46,47)/t32-,34+,37+/m0/s1. The molecule has 4 aromatic rings. The van der Waals surface area contributed by atoms with Gasteiger partial charge in [-0.25, -0.2) is 9.97 Å². The van der Waals surface area contributed by atoms with Gasteiger partial charge in [0, 0.05) is 76.5 Å². The van der Waals surface area contributed by atoms with Gasteiger partial charge in [0.25, 0.3) is 0 Å². The van der Waals surface area contributed by atoms with Crippen molar-refractivity contribution in [3.63, 3.8) is 0 Å².